The molecule has 1 aliphatic rings. The zero-order valence-corrected chi connectivity index (χ0v) is 18.4. The molecular formula is C27H25FN2O2. The molecular weight excluding hydrogens is 403 g/mol. The molecule has 0 aliphatic carbocycles. The first-order valence-corrected chi connectivity index (χ1v) is 10.6. The minimum absolute atomic E-state index is 0.219. The van der Waals surface area contributed by atoms with E-state index in [1.807, 2.05) is 57.2 Å². The topological polar surface area (TPSA) is 49.4 Å². The number of hydrogen-bond donors (Lipinski definition) is 1. The number of nitrogens with one attached hydrogen (secondary N) is 1. The van der Waals surface area contributed by atoms with Crippen LogP contribution in [0.3, 0.4) is 0 Å². The Morgan fingerprint density at radius 2 is 1.41 bits per heavy atom. The van der Waals surface area contributed by atoms with Gasteiger partial charge in [-0.3, -0.25) is 14.5 Å². The molecule has 0 spiro atoms. The molecule has 4 rings (SSSR count). The number of benzene rings is 3. The first-order valence-electron chi connectivity index (χ1n) is 10.6. The number of nitrogens with zero attached hydrogens (tertiary/aromatic N) is 1. The molecule has 0 saturated heterocycles. The van der Waals surface area contributed by atoms with Gasteiger partial charge in [0.2, 0.25) is 0 Å². The van der Waals surface area contributed by atoms with Crippen LogP contribution < -0.4 is 5.32 Å². The number of carbonyl (C=O) groups is 2. The van der Waals surface area contributed by atoms with Gasteiger partial charge in [0.15, 0.2) is 0 Å². The lowest BCUT2D eigenvalue weighted by molar-refractivity contribution is -0.136. The van der Waals surface area contributed by atoms with Gasteiger partial charge in [-0.25, -0.2) is 4.39 Å². The van der Waals surface area contributed by atoms with Crippen LogP contribution in [-0.2, 0) is 16.0 Å². The first kappa shape index (κ1) is 21.5. The molecule has 0 aromatic heterocycles. The summed E-state index contributed by atoms with van der Waals surface area (Å²) in [7, 11) is 0. The Bertz CT molecular complexity index is 1190. The number of amides is 2. The molecule has 0 saturated carbocycles. The Morgan fingerprint density at radius 1 is 0.781 bits per heavy atom. The summed E-state index contributed by atoms with van der Waals surface area (Å²) in [5.41, 5.74) is 6.18. The van der Waals surface area contributed by atoms with E-state index in [2.05, 4.69) is 11.4 Å². The van der Waals surface area contributed by atoms with E-state index in [1.54, 1.807) is 12.1 Å². The lowest BCUT2D eigenvalue weighted by Crippen LogP contribution is -2.34. The van der Waals surface area contributed by atoms with Crippen LogP contribution in [0.1, 0.15) is 27.8 Å². The monoisotopic (exact) mass is 428 g/mol. The SMILES string of the molecule is Cc1ccc(C2=C(Nc3cc(C)cc(C)c3)C(=O)N(CCc3ccc(F)cc3)C2=O)cc1. The van der Waals surface area contributed by atoms with Crippen molar-refractivity contribution in [3.05, 3.63) is 106 Å². The molecule has 3 aromatic rings. The van der Waals surface area contributed by atoms with Crippen molar-refractivity contribution in [3.8, 4) is 0 Å². The second kappa shape index (κ2) is 8.79. The van der Waals surface area contributed by atoms with Crippen LogP contribution in [0.25, 0.3) is 5.57 Å². The minimum Gasteiger partial charge on any atom is -0.350 e. The van der Waals surface area contributed by atoms with E-state index < -0.39 is 0 Å². The fourth-order valence-corrected chi connectivity index (χ4v) is 3.97. The minimum atomic E-state index is -0.355. The van der Waals surface area contributed by atoms with Crippen LogP contribution in [0.4, 0.5) is 10.1 Å². The van der Waals surface area contributed by atoms with Gasteiger partial charge in [-0.05, 0) is 73.7 Å². The highest BCUT2D eigenvalue weighted by atomic mass is 19.1. The molecule has 4 nitrogen and oxygen atoms in total. The molecule has 0 atom stereocenters. The van der Waals surface area contributed by atoms with Gasteiger partial charge in [0.1, 0.15) is 11.5 Å². The van der Waals surface area contributed by atoms with Crippen molar-refractivity contribution in [3.63, 3.8) is 0 Å². The lowest BCUT2D eigenvalue weighted by atomic mass is 10.0. The van der Waals surface area contributed by atoms with Gasteiger partial charge in [-0.15, -0.1) is 0 Å². The molecule has 0 radical (unpaired) electrons. The number of anilines is 1. The molecule has 0 unspecified atom stereocenters. The average Bonchev–Trinajstić information content (AvgIpc) is 2.97. The van der Waals surface area contributed by atoms with E-state index in [0.717, 1.165) is 27.9 Å². The number of hydrogen-bond acceptors (Lipinski definition) is 3. The largest absolute Gasteiger partial charge is 0.350 e. The lowest BCUT2D eigenvalue weighted by Gasteiger charge is -2.15. The standard InChI is InChI=1S/C27H25FN2O2/c1-17-4-8-21(9-5-17)24-25(29-23-15-18(2)14-19(3)16-23)27(32)30(26(24)31)13-12-20-6-10-22(28)11-7-20/h4-11,14-16,29H,12-13H2,1-3H3. The van der Waals surface area contributed by atoms with Gasteiger partial charge >= 0.3 is 0 Å². The quantitative estimate of drug-likeness (QED) is 0.550. The van der Waals surface area contributed by atoms with Crippen molar-refractivity contribution in [2.75, 3.05) is 11.9 Å². The first-order chi connectivity index (χ1) is 15.3. The van der Waals surface area contributed by atoms with E-state index in [-0.39, 0.29) is 29.9 Å². The van der Waals surface area contributed by atoms with Crippen molar-refractivity contribution in [2.45, 2.75) is 27.2 Å². The Hall–Kier alpha value is -3.73. The second-order valence-corrected chi connectivity index (χ2v) is 8.26. The summed E-state index contributed by atoms with van der Waals surface area (Å²) in [6.07, 6.45) is 0.454. The normalized spacial score (nSPS) is 13.8. The third-order valence-electron chi connectivity index (χ3n) is 5.54. The van der Waals surface area contributed by atoms with Gasteiger partial charge in [0.05, 0.1) is 5.57 Å². The van der Waals surface area contributed by atoms with Crippen LogP contribution in [0.5, 0.6) is 0 Å². The fourth-order valence-electron chi connectivity index (χ4n) is 3.97. The summed E-state index contributed by atoms with van der Waals surface area (Å²) in [5, 5.41) is 3.22. The van der Waals surface area contributed by atoms with Crippen molar-refractivity contribution in [1.29, 1.82) is 0 Å². The highest BCUT2D eigenvalue weighted by Crippen LogP contribution is 2.31. The van der Waals surface area contributed by atoms with Gasteiger partial charge < -0.3 is 5.32 Å². The van der Waals surface area contributed by atoms with Gasteiger partial charge in [-0.1, -0.05) is 48.0 Å². The van der Waals surface area contributed by atoms with Crippen LogP contribution in [0, 0.1) is 26.6 Å². The average molecular weight is 429 g/mol. The fraction of sp³-hybridized carbons (Fsp3) is 0.185. The van der Waals surface area contributed by atoms with Crippen molar-refractivity contribution in [2.24, 2.45) is 0 Å². The van der Waals surface area contributed by atoms with Crippen molar-refractivity contribution in [1.82, 2.24) is 4.90 Å². The highest BCUT2D eigenvalue weighted by molar-refractivity contribution is 6.36. The maximum absolute atomic E-state index is 13.4. The molecule has 0 fully saturated rings. The summed E-state index contributed by atoms with van der Waals surface area (Å²) in [5.74, 6) is -0.995. The summed E-state index contributed by atoms with van der Waals surface area (Å²) in [6.45, 7) is 6.17. The highest BCUT2D eigenvalue weighted by Gasteiger charge is 2.38. The Kier molecular flexibility index (Phi) is 5.91. The van der Waals surface area contributed by atoms with Crippen LogP contribution in [0.15, 0.2) is 72.4 Å². The molecule has 1 aliphatic heterocycles. The Labute approximate surface area is 187 Å². The second-order valence-electron chi connectivity index (χ2n) is 8.26. The summed E-state index contributed by atoms with van der Waals surface area (Å²) >= 11 is 0. The predicted octanol–water partition coefficient (Wildman–Crippen LogP) is 5.19. The predicted molar refractivity (Wildman–Crippen MR) is 124 cm³/mol. The number of rotatable bonds is 6. The number of carbonyl (C=O) groups excluding carboxylic acids is 2. The van der Waals surface area contributed by atoms with Crippen LogP contribution >= 0.6 is 0 Å². The Morgan fingerprint density at radius 3 is 2.03 bits per heavy atom. The maximum atomic E-state index is 13.4. The van der Waals surface area contributed by atoms with E-state index >= 15 is 0 Å². The third kappa shape index (κ3) is 4.47. The van der Waals surface area contributed by atoms with E-state index in [0.29, 0.717) is 17.6 Å². The molecule has 1 N–H and O–H groups in total. The van der Waals surface area contributed by atoms with Gasteiger partial charge in [0.25, 0.3) is 11.8 Å². The van der Waals surface area contributed by atoms with Crippen LogP contribution in [-0.4, -0.2) is 23.3 Å². The number of aryl methyl sites for hydroxylation is 3. The number of imide groups is 1. The van der Waals surface area contributed by atoms with Crippen molar-refractivity contribution < 1.29 is 14.0 Å². The van der Waals surface area contributed by atoms with E-state index in [9.17, 15) is 14.0 Å². The number of halogens is 1. The molecule has 5 heteroatoms. The van der Waals surface area contributed by atoms with Crippen molar-refractivity contribution >= 4 is 23.1 Å². The van der Waals surface area contributed by atoms with E-state index in [4.69, 9.17) is 0 Å². The summed E-state index contributed by atoms with van der Waals surface area (Å²) in [4.78, 5) is 28.0. The van der Waals surface area contributed by atoms with Gasteiger partial charge in [0, 0.05) is 12.2 Å². The summed E-state index contributed by atoms with van der Waals surface area (Å²) in [6, 6.07) is 19.6. The maximum Gasteiger partial charge on any atom is 0.278 e. The Balaban J connectivity index is 1.67. The third-order valence-corrected chi connectivity index (χ3v) is 5.54. The van der Waals surface area contributed by atoms with Crippen LogP contribution in [0.2, 0.25) is 0 Å². The zero-order chi connectivity index (χ0) is 22.8. The molecule has 0 bridgehead atoms. The molecule has 3 aromatic carbocycles. The molecule has 162 valence electrons. The zero-order valence-electron chi connectivity index (χ0n) is 18.4. The molecule has 2 amide bonds. The smallest absolute Gasteiger partial charge is 0.278 e. The van der Waals surface area contributed by atoms with E-state index in [1.165, 1.54) is 17.0 Å². The molecule has 1 heterocycles. The molecule has 32 heavy (non-hydrogen) atoms. The van der Waals surface area contributed by atoms with Gasteiger partial charge in [-0.2, -0.15) is 0 Å². The summed E-state index contributed by atoms with van der Waals surface area (Å²) < 4.78 is 13.2.